The quantitative estimate of drug-likeness (QED) is 0.505. The van der Waals surface area contributed by atoms with Gasteiger partial charge in [0.25, 0.3) is 5.91 Å². The topological polar surface area (TPSA) is 90.6 Å². The summed E-state index contributed by atoms with van der Waals surface area (Å²) in [5.41, 5.74) is 2.79. The number of nitrogens with zero attached hydrogens (tertiary/aromatic N) is 2. The van der Waals surface area contributed by atoms with Crippen LogP contribution in [0.3, 0.4) is 0 Å². The first-order valence-corrected chi connectivity index (χ1v) is 10.4. The minimum absolute atomic E-state index is 0.302. The Balaban J connectivity index is 1.50. The van der Waals surface area contributed by atoms with Crippen molar-refractivity contribution in [1.82, 2.24) is 5.01 Å². The SMILES string of the molecule is COc1ccc(C2=NN(C(=O)COC(=O)c3ccc(C)c(OC)c3)C(c3ccco3)C2)cc1. The number of hydrogen-bond acceptors (Lipinski definition) is 7. The van der Waals surface area contributed by atoms with Crippen LogP contribution >= 0.6 is 0 Å². The molecular weight excluding hydrogens is 424 g/mol. The maximum absolute atomic E-state index is 13.0. The van der Waals surface area contributed by atoms with Crippen molar-refractivity contribution in [2.24, 2.45) is 5.10 Å². The van der Waals surface area contributed by atoms with Crippen molar-refractivity contribution in [2.45, 2.75) is 19.4 Å². The van der Waals surface area contributed by atoms with Crippen molar-refractivity contribution in [3.05, 3.63) is 83.3 Å². The van der Waals surface area contributed by atoms with Gasteiger partial charge in [-0.1, -0.05) is 6.07 Å². The fourth-order valence-corrected chi connectivity index (χ4v) is 3.62. The van der Waals surface area contributed by atoms with E-state index in [1.54, 1.807) is 43.7 Å². The van der Waals surface area contributed by atoms with Gasteiger partial charge in [-0.05, 0) is 66.6 Å². The van der Waals surface area contributed by atoms with Crippen LogP contribution in [0.15, 0.2) is 70.4 Å². The summed E-state index contributed by atoms with van der Waals surface area (Å²) in [6, 6.07) is 15.5. The Hall–Kier alpha value is -4.07. The van der Waals surface area contributed by atoms with E-state index < -0.39 is 24.5 Å². The Morgan fingerprint density at radius 1 is 1.09 bits per heavy atom. The van der Waals surface area contributed by atoms with Crippen LogP contribution in [0.1, 0.15) is 39.7 Å². The molecule has 8 heteroatoms. The predicted molar refractivity (Wildman–Crippen MR) is 120 cm³/mol. The number of amides is 1. The zero-order chi connectivity index (χ0) is 23.4. The summed E-state index contributed by atoms with van der Waals surface area (Å²) in [4.78, 5) is 25.5. The molecule has 0 fully saturated rings. The number of furan rings is 1. The van der Waals surface area contributed by atoms with Gasteiger partial charge in [0.15, 0.2) is 6.61 Å². The Morgan fingerprint density at radius 3 is 2.55 bits per heavy atom. The third kappa shape index (κ3) is 4.74. The first-order chi connectivity index (χ1) is 16.0. The highest BCUT2D eigenvalue weighted by Crippen LogP contribution is 2.33. The van der Waals surface area contributed by atoms with E-state index in [2.05, 4.69) is 5.10 Å². The van der Waals surface area contributed by atoms with Crippen LogP contribution in [0, 0.1) is 6.92 Å². The summed E-state index contributed by atoms with van der Waals surface area (Å²) in [5.74, 6) is 0.835. The molecule has 1 unspecified atom stereocenters. The molecular formula is C25H24N2O6. The van der Waals surface area contributed by atoms with Gasteiger partial charge in [0.05, 0.1) is 31.8 Å². The lowest BCUT2D eigenvalue weighted by Gasteiger charge is -2.19. The van der Waals surface area contributed by atoms with Gasteiger partial charge in [-0.2, -0.15) is 5.10 Å². The molecule has 0 saturated heterocycles. The monoisotopic (exact) mass is 448 g/mol. The minimum Gasteiger partial charge on any atom is -0.497 e. The molecule has 0 N–H and O–H groups in total. The van der Waals surface area contributed by atoms with Gasteiger partial charge in [-0.3, -0.25) is 4.79 Å². The number of benzene rings is 2. The second kappa shape index (κ2) is 9.60. The molecule has 4 rings (SSSR count). The zero-order valence-corrected chi connectivity index (χ0v) is 18.6. The van der Waals surface area contributed by atoms with Gasteiger partial charge in [0.2, 0.25) is 0 Å². The highest BCUT2D eigenvalue weighted by Gasteiger charge is 2.35. The number of methoxy groups -OCH3 is 2. The average Bonchev–Trinajstić information content (AvgIpc) is 3.53. The molecule has 0 spiro atoms. The number of carbonyl (C=O) groups is 2. The summed E-state index contributed by atoms with van der Waals surface area (Å²) in [7, 11) is 3.13. The molecule has 0 radical (unpaired) electrons. The number of carbonyl (C=O) groups excluding carboxylic acids is 2. The second-order valence-corrected chi connectivity index (χ2v) is 7.51. The number of esters is 1. The van der Waals surface area contributed by atoms with E-state index in [9.17, 15) is 9.59 Å². The lowest BCUT2D eigenvalue weighted by molar-refractivity contribution is -0.136. The van der Waals surface area contributed by atoms with Crippen LogP contribution < -0.4 is 9.47 Å². The first-order valence-electron chi connectivity index (χ1n) is 10.4. The number of ether oxygens (including phenoxy) is 3. The van der Waals surface area contributed by atoms with Crippen molar-refractivity contribution in [2.75, 3.05) is 20.8 Å². The molecule has 1 aliphatic heterocycles. The summed E-state index contributed by atoms with van der Waals surface area (Å²) < 4.78 is 21.3. The van der Waals surface area contributed by atoms with E-state index in [-0.39, 0.29) is 0 Å². The van der Waals surface area contributed by atoms with Crippen molar-refractivity contribution in [3.8, 4) is 11.5 Å². The fourth-order valence-electron chi connectivity index (χ4n) is 3.62. The zero-order valence-electron chi connectivity index (χ0n) is 18.6. The third-order valence-corrected chi connectivity index (χ3v) is 5.43. The van der Waals surface area contributed by atoms with Crippen LogP contribution in [0.2, 0.25) is 0 Å². The standard InChI is InChI=1S/C25H24N2O6/c1-16-6-7-18(13-23(16)31-3)25(29)33-15-24(28)27-21(22-5-4-12-32-22)14-20(26-27)17-8-10-19(30-2)11-9-17/h4-13,21H,14-15H2,1-3H3. The highest BCUT2D eigenvalue weighted by atomic mass is 16.5. The average molecular weight is 448 g/mol. The summed E-state index contributed by atoms with van der Waals surface area (Å²) in [5, 5.41) is 5.85. The number of aryl methyl sites for hydroxylation is 1. The smallest absolute Gasteiger partial charge is 0.338 e. The fraction of sp³-hybridized carbons (Fsp3) is 0.240. The first kappa shape index (κ1) is 22.1. The molecule has 2 heterocycles. The molecule has 1 atom stereocenters. The lowest BCUT2D eigenvalue weighted by atomic mass is 10.0. The predicted octanol–water partition coefficient (Wildman–Crippen LogP) is 4.14. The molecule has 2 aromatic carbocycles. The molecule has 0 bridgehead atoms. The van der Waals surface area contributed by atoms with Crippen molar-refractivity contribution < 1.29 is 28.2 Å². The normalized spacial score (nSPS) is 15.2. The molecule has 3 aromatic rings. The van der Waals surface area contributed by atoms with E-state index in [1.165, 1.54) is 12.1 Å². The van der Waals surface area contributed by atoms with E-state index in [0.717, 1.165) is 22.6 Å². The minimum atomic E-state index is -0.616. The van der Waals surface area contributed by atoms with Crippen molar-refractivity contribution in [1.29, 1.82) is 0 Å². The van der Waals surface area contributed by atoms with Crippen LogP contribution in [-0.4, -0.2) is 43.4 Å². The van der Waals surface area contributed by atoms with Gasteiger partial charge in [0, 0.05) is 6.42 Å². The van der Waals surface area contributed by atoms with Gasteiger partial charge >= 0.3 is 5.97 Å². The van der Waals surface area contributed by atoms with Gasteiger partial charge < -0.3 is 18.6 Å². The maximum atomic E-state index is 13.0. The Morgan fingerprint density at radius 2 is 1.88 bits per heavy atom. The maximum Gasteiger partial charge on any atom is 0.338 e. The molecule has 33 heavy (non-hydrogen) atoms. The molecule has 1 amide bonds. The van der Waals surface area contributed by atoms with Crippen LogP contribution in [0.25, 0.3) is 0 Å². The summed E-state index contributed by atoms with van der Waals surface area (Å²) in [6.07, 6.45) is 2.02. The Bertz CT molecular complexity index is 1170. The number of hydrogen-bond donors (Lipinski definition) is 0. The van der Waals surface area contributed by atoms with Crippen molar-refractivity contribution >= 4 is 17.6 Å². The Labute approximate surface area is 191 Å². The van der Waals surface area contributed by atoms with E-state index in [1.807, 2.05) is 31.2 Å². The molecule has 8 nitrogen and oxygen atoms in total. The summed E-state index contributed by atoms with van der Waals surface area (Å²) in [6.45, 7) is 1.42. The van der Waals surface area contributed by atoms with Crippen LogP contribution in [-0.2, 0) is 9.53 Å². The van der Waals surface area contributed by atoms with E-state index >= 15 is 0 Å². The number of hydrazone groups is 1. The summed E-state index contributed by atoms with van der Waals surface area (Å²) >= 11 is 0. The third-order valence-electron chi connectivity index (χ3n) is 5.43. The van der Waals surface area contributed by atoms with Crippen LogP contribution in [0.5, 0.6) is 11.5 Å². The van der Waals surface area contributed by atoms with Gasteiger partial charge in [-0.15, -0.1) is 0 Å². The number of rotatable bonds is 7. The van der Waals surface area contributed by atoms with Gasteiger partial charge in [0.1, 0.15) is 23.3 Å². The largest absolute Gasteiger partial charge is 0.497 e. The van der Waals surface area contributed by atoms with Gasteiger partial charge in [-0.25, -0.2) is 9.80 Å². The highest BCUT2D eigenvalue weighted by molar-refractivity contribution is 6.03. The van der Waals surface area contributed by atoms with E-state index in [0.29, 0.717) is 23.5 Å². The molecule has 0 aliphatic carbocycles. The van der Waals surface area contributed by atoms with Crippen LogP contribution in [0.4, 0.5) is 0 Å². The molecule has 1 aliphatic rings. The second-order valence-electron chi connectivity index (χ2n) is 7.51. The van der Waals surface area contributed by atoms with Crippen molar-refractivity contribution in [3.63, 3.8) is 0 Å². The molecule has 1 aromatic heterocycles. The van der Waals surface area contributed by atoms with E-state index in [4.69, 9.17) is 18.6 Å². The molecule has 0 saturated carbocycles. The Kier molecular flexibility index (Phi) is 6.44. The molecule has 170 valence electrons. The lowest BCUT2D eigenvalue weighted by Crippen LogP contribution is -2.31.